The summed E-state index contributed by atoms with van der Waals surface area (Å²) >= 11 is 0. The Morgan fingerprint density at radius 2 is 2.35 bits per heavy atom. The molecule has 17 heavy (non-hydrogen) atoms. The molecule has 0 spiro atoms. The van der Waals surface area contributed by atoms with Crippen molar-refractivity contribution in [2.75, 3.05) is 5.32 Å². The Hall–Kier alpha value is -2.24. The number of rotatable bonds is 4. The molecule has 6 nitrogen and oxygen atoms in total. The molecule has 6 heteroatoms. The number of aliphatic hydroxyl groups excluding tert-OH is 1. The maximum atomic E-state index is 11.0. The predicted molar refractivity (Wildman–Crippen MR) is 68.3 cm³/mol. The molecule has 1 unspecified atom stereocenters. The van der Waals surface area contributed by atoms with Gasteiger partial charge in [-0.3, -0.25) is 9.79 Å². The fourth-order valence-corrected chi connectivity index (χ4v) is 1.21. The van der Waals surface area contributed by atoms with Crippen molar-refractivity contribution in [3.05, 3.63) is 40.1 Å². The van der Waals surface area contributed by atoms with Crippen molar-refractivity contribution in [1.82, 2.24) is 4.98 Å². The number of nitrogens with one attached hydrogen (secondary N) is 2. The Morgan fingerprint density at radius 3 is 2.94 bits per heavy atom. The Labute approximate surface area is 98.9 Å². The number of aliphatic imine (C=N–C) groups is 1. The highest BCUT2D eigenvalue weighted by atomic mass is 16.3. The van der Waals surface area contributed by atoms with Gasteiger partial charge in [0.25, 0.3) is 0 Å². The van der Waals surface area contributed by atoms with Crippen LogP contribution in [0.2, 0.25) is 0 Å². The van der Waals surface area contributed by atoms with Gasteiger partial charge in [0.2, 0.25) is 5.56 Å². The lowest BCUT2D eigenvalue weighted by atomic mass is 10.3. The molecule has 1 aromatic rings. The standard InChI is InChI=1S/C11H16N4O2/c1-7-9(3-4-11(17)15-7)13-5-10(16)8(2)14-6-12/h3-6,8,13,16H,1-2H3,(H2,12,14)(H,15,17)/b10-5-. The molecule has 1 aromatic heterocycles. The van der Waals surface area contributed by atoms with Crippen LogP contribution in [0, 0.1) is 6.92 Å². The van der Waals surface area contributed by atoms with Gasteiger partial charge in [-0.15, -0.1) is 0 Å². The van der Waals surface area contributed by atoms with E-state index in [4.69, 9.17) is 5.73 Å². The lowest BCUT2D eigenvalue weighted by molar-refractivity contribution is 0.375. The van der Waals surface area contributed by atoms with E-state index in [-0.39, 0.29) is 11.3 Å². The first-order chi connectivity index (χ1) is 8.04. The van der Waals surface area contributed by atoms with E-state index in [9.17, 15) is 9.90 Å². The van der Waals surface area contributed by atoms with Crippen LogP contribution in [0.3, 0.4) is 0 Å². The van der Waals surface area contributed by atoms with Crippen molar-refractivity contribution in [3.63, 3.8) is 0 Å². The number of aryl methyl sites for hydroxylation is 1. The Balaban J connectivity index is 2.78. The summed E-state index contributed by atoms with van der Waals surface area (Å²) in [5.41, 5.74) is 6.36. The largest absolute Gasteiger partial charge is 0.509 e. The second-order valence-corrected chi connectivity index (χ2v) is 3.55. The van der Waals surface area contributed by atoms with Gasteiger partial charge in [-0.25, -0.2) is 0 Å². The first kappa shape index (κ1) is 12.8. The SMILES string of the molecule is Cc1[nH]c(=O)ccc1N/C=C(\O)C(C)N=CN. The van der Waals surface area contributed by atoms with Gasteiger partial charge < -0.3 is 21.1 Å². The molecule has 0 aromatic carbocycles. The third-order valence-corrected chi connectivity index (χ3v) is 2.23. The molecule has 0 saturated carbocycles. The maximum absolute atomic E-state index is 11.0. The van der Waals surface area contributed by atoms with E-state index in [0.29, 0.717) is 11.4 Å². The van der Waals surface area contributed by atoms with E-state index < -0.39 is 6.04 Å². The molecule has 5 N–H and O–H groups in total. The molecular formula is C11H16N4O2. The predicted octanol–water partition coefficient (Wildman–Crippen LogP) is 0.870. The molecule has 0 amide bonds. The van der Waals surface area contributed by atoms with Gasteiger partial charge in [-0.2, -0.15) is 0 Å². The number of pyridine rings is 1. The second kappa shape index (κ2) is 5.74. The molecule has 92 valence electrons. The molecule has 0 radical (unpaired) electrons. The van der Waals surface area contributed by atoms with E-state index in [2.05, 4.69) is 15.3 Å². The van der Waals surface area contributed by atoms with E-state index in [1.165, 1.54) is 12.3 Å². The number of H-pyrrole nitrogens is 1. The molecule has 1 atom stereocenters. The maximum Gasteiger partial charge on any atom is 0.248 e. The third kappa shape index (κ3) is 3.67. The van der Waals surface area contributed by atoms with Crippen molar-refractivity contribution >= 4 is 12.0 Å². The Morgan fingerprint density at radius 1 is 1.65 bits per heavy atom. The van der Waals surface area contributed by atoms with Crippen molar-refractivity contribution < 1.29 is 5.11 Å². The summed E-state index contributed by atoms with van der Waals surface area (Å²) in [5.74, 6) is 0.0531. The fraction of sp³-hybridized carbons (Fsp3) is 0.273. The third-order valence-electron chi connectivity index (χ3n) is 2.23. The monoisotopic (exact) mass is 236 g/mol. The van der Waals surface area contributed by atoms with Crippen LogP contribution in [0.15, 0.2) is 33.9 Å². The summed E-state index contributed by atoms with van der Waals surface area (Å²) < 4.78 is 0. The van der Waals surface area contributed by atoms with Crippen LogP contribution in [0.4, 0.5) is 5.69 Å². The minimum absolute atomic E-state index is 0.0531. The van der Waals surface area contributed by atoms with Crippen LogP contribution in [-0.2, 0) is 0 Å². The quantitative estimate of drug-likeness (QED) is 0.354. The van der Waals surface area contributed by atoms with Crippen LogP contribution in [0.1, 0.15) is 12.6 Å². The molecule has 0 aliphatic rings. The Bertz CT molecular complexity index is 490. The van der Waals surface area contributed by atoms with Gasteiger partial charge in [0.15, 0.2) is 0 Å². The van der Waals surface area contributed by atoms with Gasteiger partial charge in [0, 0.05) is 18.0 Å². The molecule has 0 aliphatic heterocycles. The van der Waals surface area contributed by atoms with Gasteiger partial charge in [0.1, 0.15) is 11.8 Å². The number of nitrogens with two attached hydrogens (primary N) is 1. The van der Waals surface area contributed by atoms with Crippen LogP contribution >= 0.6 is 0 Å². The van der Waals surface area contributed by atoms with Crippen molar-refractivity contribution in [1.29, 1.82) is 0 Å². The van der Waals surface area contributed by atoms with Gasteiger partial charge >= 0.3 is 0 Å². The number of anilines is 1. The summed E-state index contributed by atoms with van der Waals surface area (Å²) in [6, 6.07) is 2.63. The van der Waals surface area contributed by atoms with Crippen LogP contribution < -0.4 is 16.6 Å². The fourth-order valence-electron chi connectivity index (χ4n) is 1.21. The summed E-state index contributed by atoms with van der Waals surface area (Å²) in [6.07, 6.45) is 2.55. The Kier molecular flexibility index (Phi) is 4.33. The summed E-state index contributed by atoms with van der Waals surface area (Å²) in [5, 5.41) is 12.5. The zero-order valence-electron chi connectivity index (χ0n) is 9.77. The summed E-state index contributed by atoms with van der Waals surface area (Å²) in [7, 11) is 0. The number of aromatic amines is 1. The van der Waals surface area contributed by atoms with Crippen LogP contribution in [0.5, 0.6) is 0 Å². The number of hydrogen-bond donors (Lipinski definition) is 4. The second-order valence-electron chi connectivity index (χ2n) is 3.55. The summed E-state index contributed by atoms with van der Waals surface area (Å²) in [6.45, 7) is 3.46. The van der Waals surface area contributed by atoms with Crippen LogP contribution in [-0.4, -0.2) is 22.5 Å². The molecule has 0 fully saturated rings. The van der Waals surface area contributed by atoms with E-state index >= 15 is 0 Å². The highest BCUT2D eigenvalue weighted by Crippen LogP contribution is 2.10. The summed E-state index contributed by atoms with van der Waals surface area (Å²) in [4.78, 5) is 17.4. The van der Waals surface area contributed by atoms with Crippen molar-refractivity contribution in [2.45, 2.75) is 19.9 Å². The van der Waals surface area contributed by atoms with Crippen molar-refractivity contribution in [3.8, 4) is 0 Å². The molecule has 0 saturated heterocycles. The minimum atomic E-state index is -0.407. The van der Waals surface area contributed by atoms with E-state index in [0.717, 1.165) is 6.34 Å². The molecular weight excluding hydrogens is 220 g/mol. The average molecular weight is 236 g/mol. The average Bonchev–Trinajstić information content (AvgIpc) is 2.27. The highest BCUT2D eigenvalue weighted by Gasteiger charge is 2.04. The molecule has 0 aliphatic carbocycles. The van der Waals surface area contributed by atoms with Gasteiger partial charge in [-0.05, 0) is 19.9 Å². The van der Waals surface area contributed by atoms with Gasteiger partial charge in [0.05, 0.1) is 12.0 Å². The number of hydrogen-bond acceptors (Lipinski definition) is 4. The smallest absolute Gasteiger partial charge is 0.248 e. The molecule has 1 heterocycles. The highest BCUT2D eigenvalue weighted by molar-refractivity contribution is 5.52. The van der Waals surface area contributed by atoms with E-state index in [1.807, 2.05) is 0 Å². The number of aliphatic hydroxyl groups is 1. The zero-order chi connectivity index (χ0) is 12.8. The zero-order valence-corrected chi connectivity index (χ0v) is 9.77. The molecule has 0 bridgehead atoms. The topological polar surface area (TPSA) is 104 Å². The van der Waals surface area contributed by atoms with E-state index in [1.54, 1.807) is 19.9 Å². The number of aromatic nitrogens is 1. The minimum Gasteiger partial charge on any atom is -0.509 e. The van der Waals surface area contributed by atoms with Crippen molar-refractivity contribution in [2.24, 2.45) is 10.7 Å². The van der Waals surface area contributed by atoms with Crippen LogP contribution in [0.25, 0.3) is 0 Å². The van der Waals surface area contributed by atoms with Gasteiger partial charge in [-0.1, -0.05) is 0 Å². The normalized spacial score (nSPS) is 13.9. The lowest BCUT2D eigenvalue weighted by Crippen LogP contribution is -2.09. The lowest BCUT2D eigenvalue weighted by Gasteiger charge is -2.07. The number of nitrogens with zero attached hydrogens (tertiary/aromatic N) is 1. The first-order valence-electron chi connectivity index (χ1n) is 5.13. The first-order valence-corrected chi connectivity index (χ1v) is 5.13. The molecule has 1 rings (SSSR count).